The van der Waals surface area contributed by atoms with Gasteiger partial charge in [-0.25, -0.2) is 8.78 Å². The lowest BCUT2D eigenvalue weighted by atomic mass is 10.2. The lowest BCUT2D eigenvalue weighted by molar-refractivity contribution is 0.391. The minimum atomic E-state index is -0.356. The molecule has 0 amide bonds. The summed E-state index contributed by atoms with van der Waals surface area (Å²) < 4.78 is 33.9. The fourth-order valence-electron chi connectivity index (χ4n) is 2.47. The largest absolute Gasteiger partial charge is 0.338 e. The van der Waals surface area contributed by atoms with Crippen molar-refractivity contribution in [3.8, 4) is 22.8 Å². The van der Waals surface area contributed by atoms with E-state index >= 15 is 0 Å². The average Bonchev–Trinajstić information content (AvgIpc) is 3.28. The highest BCUT2D eigenvalue weighted by Gasteiger charge is 2.16. The van der Waals surface area contributed by atoms with E-state index in [0.29, 0.717) is 39.6 Å². The van der Waals surface area contributed by atoms with Crippen LogP contribution in [0, 0.1) is 11.6 Å². The van der Waals surface area contributed by atoms with Crippen molar-refractivity contribution in [3.63, 3.8) is 0 Å². The standard InChI is InChI=1S/C18H13F2N5OS/c1-25-17(13-4-2-3-5-14(13)20)22-23-18(25)27-10-15-21-16(24-26-15)11-6-8-12(19)9-7-11/h2-9H,10H2,1H3. The molecule has 0 N–H and O–H groups in total. The smallest absolute Gasteiger partial charge is 0.237 e. The molecule has 6 nitrogen and oxygen atoms in total. The van der Waals surface area contributed by atoms with Crippen LogP contribution in [0.2, 0.25) is 0 Å². The zero-order chi connectivity index (χ0) is 18.8. The van der Waals surface area contributed by atoms with E-state index in [2.05, 4.69) is 20.3 Å². The SMILES string of the molecule is Cn1c(SCc2nc(-c3ccc(F)cc3)no2)nnc1-c1ccccc1F. The zero-order valence-electron chi connectivity index (χ0n) is 14.1. The third-order valence-electron chi connectivity index (χ3n) is 3.84. The van der Waals surface area contributed by atoms with Crippen molar-refractivity contribution in [2.45, 2.75) is 10.9 Å². The zero-order valence-corrected chi connectivity index (χ0v) is 15.0. The van der Waals surface area contributed by atoms with Gasteiger partial charge < -0.3 is 9.09 Å². The van der Waals surface area contributed by atoms with Gasteiger partial charge in [0.2, 0.25) is 11.7 Å². The van der Waals surface area contributed by atoms with Crippen molar-refractivity contribution in [1.29, 1.82) is 0 Å². The maximum absolute atomic E-state index is 14.0. The Hall–Kier alpha value is -3.07. The number of hydrogen-bond donors (Lipinski definition) is 0. The summed E-state index contributed by atoms with van der Waals surface area (Å²) in [6.45, 7) is 0. The second-order valence-corrected chi connectivity index (χ2v) is 6.59. The van der Waals surface area contributed by atoms with Gasteiger partial charge in [-0.05, 0) is 36.4 Å². The van der Waals surface area contributed by atoms with Gasteiger partial charge in [0.1, 0.15) is 11.6 Å². The molecule has 0 fully saturated rings. The first-order valence-electron chi connectivity index (χ1n) is 7.97. The van der Waals surface area contributed by atoms with E-state index < -0.39 is 0 Å². The second-order valence-electron chi connectivity index (χ2n) is 5.65. The summed E-state index contributed by atoms with van der Waals surface area (Å²) in [4.78, 5) is 4.30. The van der Waals surface area contributed by atoms with Gasteiger partial charge in [-0.2, -0.15) is 4.98 Å². The number of aromatic nitrogens is 5. The first kappa shape index (κ1) is 17.3. The van der Waals surface area contributed by atoms with Gasteiger partial charge in [-0.1, -0.05) is 29.1 Å². The van der Waals surface area contributed by atoms with Gasteiger partial charge in [0.25, 0.3) is 0 Å². The Kier molecular flexibility index (Phi) is 4.68. The molecule has 0 bridgehead atoms. The van der Waals surface area contributed by atoms with Gasteiger partial charge in [0, 0.05) is 12.6 Å². The summed E-state index contributed by atoms with van der Waals surface area (Å²) in [5.41, 5.74) is 1.05. The second kappa shape index (κ2) is 7.28. The number of hydrogen-bond acceptors (Lipinski definition) is 6. The molecule has 4 aromatic rings. The molecule has 27 heavy (non-hydrogen) atoms. The van der Waals surface area contributed by atoms with E-state index in [0.717, 1.165) is 0 Å². The van der Waals surface area contributed by atoms with E-state index in [1.807, 2.05) is 0 Å². The topological polar surface area (TPSA) is 69.6 Å². The molecule has 4 rings (SSSR count). The molecule has 0 saturated heterocycles. The summed E-state index contributed by atoms with van der Waals surface area (Å²) >= 11 is 1.34. The molecular formula is C18H13F2N5OS. The van der Waals surface area contributed by atoms with Crippen molar-refractivity contribution in [2.24, 2.45) is 7.05 Å². The number of rotatable bonds is 5. The molecule has 0 atom stereocenters. The molecule has 0 unspecified atom stereocenters. The van der Waals surface area contributed by atoms with Crippen LogP contribution in [0.3, 0.4) is 0 Å². The van der Waals surface area contributed by atoms with Crippen LogP contribution in [0.4, 0.5) is 8.78 Å². The molecular weight excluding hydrogens is 372 g/mol. The van der Waals surface area contributed by atoms with Crippen molar-refractivity contribution >= 4 is 11.8 Å². The minimum absolute atomic E-state index is 0.328. The first-order valence-corrected chi connectivity index (χ1v) is 8.96. The number of thioether (sulfide) groups is 1. The fraction of sp³-hybridized carbons (Fsp3) is 0.111. The summed E-state index contributed by atoms with van der Waals surface area (Å²) in [5, 5.41) is 12.7. The number of benzene rings is 2. The monoisotopic (exact) mass is 385 g/mol. The average molecular weight is 385 g/mol. The summed E-state index contributed by atoms with van der Waals surface area (Å²) in [6.07, 6.45) is 0. The van der Waals surface area contributed by atoms with Gasteiger partial charge in [-0.15, -0.1) is 10.2 Å². The van der Waals surface area contributed by atoms with Gasteiger partial charge >= 0.3 is 0 Å². The van der Waals surface area contributed by atoms with E-state index in [-0.39, 0.29) is 11.6 Å². The van der Waals surface area contributed by atoms with Crippen molar-refractivity contribution < 1.29 is 13.3 Å². The Morgan fingerprint density at radius 1 is 1.04 bits per heavy atom. The van der Waals surface area contributed by atoms with Crippen LogP contribution in [-0.2, 0) is 12.8 Å². The van der Waals surface area contributed by atoms with Crippen LogP contribution in [0.25, 0.3) is 22.8 Å². The molecule has 0 aliphatic carbocycles. The number of nitrogens with zero attached hydrogens (tertiary/aromatic N) is 5. The third kappa shape index (κ3) is 3.59. The van der Waals surface area contributed by atoms with Gasteiger partial charge in [0.05, 0.1) is 11.3 Å². The van der Waals surface area contributed by atoms with Crippen LogP contribution in [0.5, 0.6) is 0 Å². The van der Waals surface area contributed by atoms with Crippen LogP contribution in [0.1, 0.15) is 5.89 Å². The molecule has 9 heteroatoms. The summed E-state index contributed by atoms with van der Waals surface area (Å²) in [6, 6.07) is 12.2. The molecule has 0 aliphatic rings. The molecule has 2 heterocycles. The van der Waals surface area contributed by atoms with Gasteiger partial charge in [-0.3, -0.25) is 0 Å². The van der Waals surface area contributed by atoms with E-state index in [9.17, 15) is 8.78 Å². The van der Waals surface area contributed by atoms with Crippen LogP contribution in [-0.4, -0.2) is 24.9 Å². The van der Waals surface area contributed by atoms with E-state index in [1.165, 1.54) is 30.0 Å². The fourth-order valence-corrected chi connectivity index (χ4v) is 3.22. The molecule has 0 spiro atoms. The van der Waals surface area contributed by atoms with E-state index in [1.54, 1.807) is 41.9 Å². The maximum atomic E-state index is 14.0. The normalized spacial score (nSPS) is 11.1. The van der Waals surface area contributed by atoms with Crippen molar-refractivity contribution in [3.05, 3.63) is 66.1 Å². The van der Waals surface area contributed by atoms with Crippen molar-refractivity contribution in [1.82, 2.24) is 24.9 Å². The van der Waals surface area contributed by atoms with Crippen LogP contribution < -0.4 is 0 Å². The molecule has 136 valence electrons. The summed E-state index contributed by atoms with van der Waals surface area (Å²) in [7, 11) is 1.77. The minimum Gasteiger partial charge on any atom is -0.338 e. The quantitative estimate of drug-likeness (QED) is 0.482. The summed E-state index contributed by atoms with van der Waals surface area (Å²) in [5.74, 6) is 0.909. The highest BCUT2D eigenvalue weighted by Crippen LogP contribution is 2.27. The van der Waals surface area contributed by atoms with E-state index in [4.69, 9.17) is 4.52 Å². The predicted molar refractivity (Wildman–Crippen MR) is 95.7 cm³/mol. The van der Waals surface area contributed by atoms with Gasteiger partial charge in [0.15, 0.2) is 11.0 Å². The van der Waals surface area contributed by atoms with Crippen LogP contribution >= 0.6 is 11.8 Å². The predicted octanol–water partition coefficient (Wildman–Crippen LogP) is 4.10. The highest BCUT2D eigenvalue weighted by atomic mass is 32.2. The Morgan fingerprint density at radius 2 is 1.81 bits per heavy atom. The Labute approximate surface area is 157 Å². The Balaban J connectivity index is 1.49. The molecule has 0 aliphatic heterocycles. The third-order valence-corrected chi connectivity index (χ3v) is 4.85. The maximum Gasteiger partial charge on any atom is 0.237 e. The Morgan fingerprint density at radius 3 is 2.59 bits per heavy atom. The lowest BCUT2D eigenvalue weighted by Gasteiger charge is -2.03. The van der Waals surface area contributed by atoms with Crippen LogP contribution in [0.15, 0.2) is 58.2 Å². The number of halogens is 2. The lowest BCUT2D eigenvalue weighted by Crippen LogP contribution is -1.96. The molecule has 0 radical (unpaired) electrons. The molecule has 0 saturated carbocycles. The van der Waals surface area contributed by atoms with Crippen molar-refractivity contribution in [2.75, 3.05) is 0 Å². The highest BCUT2D eigenvalue weighted by molar-refractivity contribution is 7.98. The molecule has 2 aromatic carbocycles. The first-order chi connectivity index (χ1) is 13.1. The molecule has 2 aromatic heterocycles. The Bertz CT molecular complexity index is 1080.